The SMILES string of the molecule is CC(=O)c1ccc(-c2ccc(C(=O)NC(C)(C)CCC(=O)O)o2)cc1. The molecule has 25 heavy (non-hydrogen) atoms. The summed E-state index contributed by atoms with van der Waals surface area (Å²) in [6.07, 6.45) is 0.285. The summed E-state index contributed by atoms with van der Waals surface area (Å²) in [6.45, 7) is 5.02. The average molecular weight is 343 g/mol. The molecule has 2 rings (SSSR count). The molecule has 2 N–H and O–H groups in total. The zero-order chi connectivity index (χ0) is 18.6. The lowest BCUT2D eigenvalue weighted by Gasteiger charge is -2.24. The van der Waals surface area contributed by atoms with Gasteiger partial charge in [-0.2, -0.15) is 0 Å². The van der Waals surface area contributed by atoms with Gasteiger partial charge >= 0.3 is 5.97 Å². The first kappa shape index (κ1) is 18.4. The molecule has 0 fully saturated rings. The van der Waals surface area contributed by atoms with Gasteiger partial charge in [-0.05, 0) is 39.3 Å². The van der Waals surface area contributed by atoms with Gasteiger partial charge in [0.15, 0.2) is 11.5 Å². The lowest BCUT2D eigenvalue weighted by atomic mass is 9.98. The molecule has 6 nitrogen and oxygen atoms in total. The van der Waals surface area contributed by atoms with Gasteiger partial charge in [0.25, 0.3) is 5.91 Å². The van der Waals surface area contributed by atoms with E-state index in [1.165, 1.54) is 6.92 Å². The maximum Gasteiger partial charge on any atom is 0.303 e. The highest BCUT2D eigenvalue weighted by molar-refractivity contribution is 5.94. The molecule has 1 heterocycles. The first-order chi connectivity index (χ1) is 11.7. The molecule has 0 saturated heterocycles. The van der Waals surface area contributed by atoms with E-state index >= 15 is 0 Å². The number of carbonyl (C=O) groups excluding carboxylic acids is 2. The zero-order valence-corrected chi connectivity index (χ0v) is 14.5. The zero-order valence-electron chi connectivity index (χ0n) is 14.5. The second-order valence-electron chi connectivity index (χ2n) is 6.53. The fourth-order valence-corrected chi connectivity index (χ4v) is 2.34. The summed E-state index contributed by atoms with van der Waals surface area (Å²) in [7, 11) is 0. The van der Waals surface area contributed by atoms with Crippen LogP contribution in [0, 0.1) is 0 Å². The smallest absolute Gasteiger partial charge is 0.303 e. The molecule has 0 saturated carbocycles. The lowest BCUT2D eigenvalue weighted by molar-refractivity contribution is -0.137. The molecule has 6 heteroatoms. The number of carboxylic acids is 1. The van der Waals surface area contributed by atoms with Crippen LogP contribution in [-0.2, 0) is 4.79 Å². The van der Waals surface area contributed by atoms with Gasteiger partial charge < -0.3 is 14.8 Å². The van der Waals surface area contributed by atoms with Crippen molar-refractivity contribution in [1.29, 1.82) is 0 Å². The molecule has 132 valence electrons. The van der Waals surface area contributed by atoms with Crippen LogP contribution in [0.5, 0.6) is 0 Å². The van der Waals surface area contributed by atoms with Crippen molar-refractivity contribution in [3.63, 3.8) is 0 Å². The highest BCUT2D eigenvalue weighted by atomic mass is 16.4. The van der Waals surface area contributed by atoms with Gasteiger partial charge in [-0.25, -0.2) is 0 Å². The molecule has 0 aliphatic heterocycles. The summed E-state index contributed by atoms with van der Waals surface area (Å²) < 4.78 is 5.59. The van der Waals surface area contributed by atoms with Crippen molar-refractivity contribution < 1.29 is 23.9 Å². The Morgan fingerprint density at radius 1 is 1.08 bits per heavy atom. The average Bonchev–Trinajstić information content (AvgIpc) is 3.03. The van der Waals surface area contributed by atoms with Gasteiger partial charge in [0.1, 0.15) is 5.76 Å². The topological polar surface area (TPSA) is 96.6 Å². The van der Waals surface area contributed by atoms with E-state index in [9.17, 15) is 14.4 Å². The Kier molecular flexibility index (Phi) is 5.41. The van der Waals surface area contributed by atoms with Crippen LogP contribution < -0.4 is 5.32 Å². The molecule has 0 spiro atoms. The highest BCUT2D eigenvalue weighted by Crippen LogP contribution is 2.23. The molecule has 0 atom stereocenters. The number of furan rings is 1. The van der Waals surface area contributed by atoms with Crippen molar-refractivity contribution in [3.05, 3.63) is 47.7 Å². The fourth-order valence-electron chi connectivity index (χ4n) is 2.34. The van der Waals surface area contributed by atoms with Crippen LogP contribution in [0.25, 0.3) is 11.3 Å². The summed E-state index contributed by atoms with van der Waals surface area (Å²) in [5.41, 5.74) is 0.702. The number of benzene rings is 1. The third-order valence-corrected chi connectivity index (χ3v) is 3.82. The largest absolute Gasteiger partial charge is 0.481 e. The first-order valence-corrected chi connectivity index (χ1v) is 7.93. The van der Waals surface area contributed by atoms with Gasteiger partial charge in [-0.3, -0.25) is 14.4 Å². The normalized spacial score (nSPS) is 11.2. The van der Waals surface area contributed by atoms with Crippen molar-refractivity contribution in [3.8, 4) is 11.3 Å². The van der Waals surface area contributed by atoms with E-state index in [1.54, 1.807) is 50.2 Å². The highest BCUT2D eigenvalue weighted by Gasteiger charge is 2.24. The molecule has 1 aromatic heterocycles. The molecule has 0 radical (unpaired) electrons. The molecule has 2 aromatic rings. The molecule has 0 aliphatic rings. The monoisotopic (exact) mass is 343 g/mol. The first-order valence-electron chi connectivity index (χ1n) is 7.93. The van der Waals surface area contributed by atoms with Crippen molar-refractivity contribution in [1.82, 2.24) is 5.32 Å². The number of amides is 1. The van der Waals surface area contributed by atoms with Crippen molar-refractivity contribution >= 4 is 17.7 Å². The summed E-state index contributed by atoms with van der Waals surface area (Å²) >= 11 is 0. The maximum atomic E-state index is 12.3. The second-order valence-corrected chi connectivity index (χ2v) is 6.53. The Morgan fingerprint density at radius 2 is 1.72 bits per heavy atom. The predicted molar refractivity (Wildman–Crippen MR) is 92.6 cm³/mol. The Labute approximate surface area is 145 Å². The third kappa shape index (κ3) is 5.04. The van der Waals surface area contributed by atoms with Crippen LogP contribution in [0.3, 0.4) is 0 Å². The van der Waals surface area contributed by atoms with Crippen LogP contribution in [-0.4, -0.2) is 28.3 Å². The maximum absolute atomic E-state index is 12.3. The summed E-state index contributed by atoms with van der Waals surface area (Å²) in [5.74, 6) is -0.661. The van der Waals surface area contributed by atoms with Crippen molar-refractivity contribution in [2.45, 2.75) is 39.2 Å². The quantitative estimate of drug-likeness (QED) is 0.750. The number of carbonyl (C=O) groups is 3. The number of hydrogen-bond donors (Lipinski definition) is 2. The molecular formula is C19H21NO5. The van der Waals surface area contributed by atoms with E-state index in [0.717, 1.165) is 5.56 Å². The van der Waals surface area contributed by atoms with Gasteiger partial charge in [0.2, 0.25) is 0 Å². The Morgan fingerprint density at radius 3 is 2.28 bits per heavy atom. The minimum atomic E-state index is -0.906. The number of rotatable bonds is 7. The van der Waals surface area contributed by atoms with Crippen molar-refractivity contribution in [2.24, 2.45) is 0 Å². The Hall–Kier alpha value is -2.89. The molecule has 1 aromatic carbocycles. The van der Waals surface area contributed by atoms with E-state index in [0.29, 0.717) is 17.7 Å². The van der Waals surface area contributed by atoms with Crippen LogP contribution in [0.4, 0.5) is 0 Å². The van der Waals surface area contributed by atoms with E-state index < -0.39 is 17.4 Å². The standard InChI is InChI=1S/C19H21NO5/c1-12(21)13-4-6-14(7-5-13)15-8-9-16(25-15)18(24)20-19(2,3)11-10-17(22)23/h4-9H,10-11H2,1-3H3,(H,20,24)(H,22,23). The van der Waals surface area contributed by atoms with Crippen molar-refractivity contribution in [2.75, 3.05) is 0 Å². The summed E-state index contributed by atoms with van der Waals surface area (Å²) in [4.78, 5) is 34.3. The number of Topliss-reactive ketones (excluding diaryl/α,β-unsaturated/α-hetero) is 1. The van der Waals surface area contributed by atoms with E-state index in [-0.39, 0.29) is 18.0 Å². The Balaban J connectivity index is 2.08. The molecule has 1 amide bonds. The summed E-state index contributed by atoms with van der Waals surface area (Å²) in [6, 6.07) is 10.2. The van der Waals surface area contributed by atoms with Crippen LogP contribution in [0.1, 0.15) is 54.5 Å². The second kappa shape index (κ2) is 7.34. The van der Waals surface area contributed by atoms with Gasteiger partial charge in [0, 0.05) is 23.1 Å². The number of aliphatic carboxylic acids is 1. The molecule has 0 unspecified atom stereocenters. The molecule has 0 bridgehead atoms. The van der Waals surface area contributed by atoms with Gasteiger partial charge in [-0.1, -0.05) is 24.3 Å². The van der Waals surface area contributed by atoms with E-state index in [4.69, 9.17) is 9.52 Å². The Bertz CT molecular complexity index is 786. The minimum Gasteiger partial charge on any atom is -0.481 e. The van der Waals surface area contributed by atoms with Gasteiger partial charge in [-0.15, -0.1) is 0 Å². The molecular weight excluding hydrogens is 322 g/mol. The number of carboxylic acid groups (broad SMARTS) is 1. The third-order valence-electron chi connectivity index (χ3n) is 3.82. The van der Waals surface area contributed by atoms with Crippen LogP contribution in [0.15, 0.2) is 40.8 Å². The molecule has 0 aliphatic carbocycles. The number of hydrogen-bond acceptors (Lipinski definition) is 4. The van der Waals surface area contributed by atoms with Gasteiger partial charge in [0.05, 0.1) is 0 Å². The predicted octanol–water partition coefficient (Wildman–Crippen LogP) is 3.52. The van der Waals surface area contributed by atoms with E-state index in [1.807, 2.05) is 0 Å². The fraction of sp³-hybridized carbons (Fsp3) is 0.316. The van der Waals surface area contributed by atoms with Crippen LogP contribution in [0.2, 0.25) is 0 Å². The minimum absolute atomic E-state index is 0.0188. The van der Waals surface area contributed by atoms with Crippen LogP contribution >= 0.6 is 0 Å². The number of ketones is 1. The lowest BCUT2D eigenvalue weighted by Crippen LogP contribution is -2.43. The van der Waals surface area contributed by atoms with E-state index in [2.05, 4.69) is 5.32 Å². The summed E-state index contributed by atoms with van der Waals surface area (Å²) in [5, 5.41) is 11.5. The number of nitrogens with one attached hydrogen (secondary N) is 1.